The molecule has 1 aliphatic rings. The summed E-state index contributed by atoms with van der Waals surface area (Å²) < 4.78 is 25.6. The van der Waals surface area contributed by atoms with E-state index in [0.29, 0.717) is 42.9 Å². The Hall–Kier alpha value is -3.44. The van der Waals surface area contributed by atoms with Crippen LogP contribution in [-0.4, -0.2) is 52.7 Å². The zero-order valence-electron chi connectivity index (χ0n) is 19.1. The minimum atomic E-state index is -1.16. The van der Waals surface area contributed by atoms with Crippen molar-refractivity contribution in [3.05, 3.63) is 54.4 Å². The standard InChI is InChI=1S/C26H28FN3O4/c1-33-21-5-7-25-23(14-21)22(8-10-28-25)24(27)6-4-18-9-12-30(15-19(18)13-26(31)32)11-2-3-20-16-34-17-29-20/h5,7-8,10,14,16-19,24H,4,6,9,11-13,15H2,1H3,(H,31,32)/t18-,19+,24-/m1/s1. The number of oxazole rings is 1. The number of alkyl halides is 1. The van der Waals surface area contributed by atoms with Crippen LogP contribution < -0.4 is 4.74 Å². The van der Waals surface area contributed by atoms with E-state index in [4.69, 9.17) is 9.15 Å². The van der Waals surface area contributed by atoms with Gasteiger partial charge in [0.2, 0.25) is 0 Å². The number of hydrogen-bond acceptors (Lipinski definition) is 6. The zero-order chi connectivity index (χ0) is 23.9. The zero-order valence-corrected chi connectivity index (χ0v) is 19.1. The van der Waals surface area contributed by atoms with Crippen molar-refractivity contribution < 1.29 is 23.4 Å². The van der Waals surface area contributed by atoms with E-state index in [1.54, 1.807) is 19.4 Å². The average molecular weight is 466 g/mol. The first kappa shape index (κ1) is 23.7. The van der Waals surface area contributed by atoms with Crippen LogP contribution in [0, 0.1) is 23.7 Å². The topological polar surface area (TPSA) is 88.7 Å². The van der Waals surface area contributed by atoms with E-state index < -0.39 is 12.1 Å². The Morgan fingerprint density at radius 1 is 1.35 bits per heavy atom. The lowest BCUT2D eigenvalue weighted by Crippen LogP contribution is -2.41. The van der Waals surface area contributed by atoms with E-state index in [1.165, 1.54) is 12.7 Å². The van der Waals surface area contributed by atoms with Gasteiger partial charge in [-0.15, -0.1) is 0 Å². The smallest absolute Gasteiger partial charge is 0.303 e. The SMILES string of the molecule is COc1ccc2nccc([C@H](F)CC[C@@H]3CCN(CC#Cc4cocn4)C[C@@H]3CC(=O)O)c2c1. The van der Waals surface area contributed by atoms with Crippen LogP contribution in [0.15, 0.2) is 47.5 Å². The fourth-order valence-corrected chi connectivity index (χ4v) is 4.71. The van der Waals surface area contributed by atoms with Gasteiger partial charge in [0, 0.05) is 24.5 Å². The van der Waals surface area contributed by atoms with Crippen LogP contribution in [0.5, 0.6) is 5.75 Å². The lowest BCUT2D eigenvalue weighted by molar-refractivity contribution is -0.139. The lowest BCUT2D eigenvalue weighted by Gasteiger charge is -2.37. The number of piperidine rings is 1. The van der Waals surface area contributed by atoms with E-state index in [-0.39, 0.29) is 18.3 Å². The number of benzene rings is 1. The summed E-state index contributed by atoms with van der Waals surface area (Å²) in [7, 11) is 1.58. The molecule has 1 saturated heterocycles. The predicted octanol–water partition coefficient (Wildman–Crippen LogP) is 4.49. The van der Waals surface area contributed by atoms with Crippen molar-refractivity contribution in [2.75, 3.05) is 26.7 Å². The maximum absolute atomic E-state index is 15.4. The number of carboxylic acids is 1. The fourth-order valence-electron chi connectivity index (χ4n) is 4.71. The number of halogens is 1. The summed E-state index contributed by atoms with van der Waals surface area (Å²) >= 11 is 0. The number of nitrogens with zero attached hydrogens (tertiary/aromatic N) is 3. The van der Waals surface area contributed by atoms with E-state index in [1.807, 2.05) is 18.2 Å². The van der Waals surface area contributed by atoms with Crippen LogP contribution in [0.25, 0.3) is 10.9 Å². The number of ether oxygens (including phenoxy) is 1. The van der Waals surface area contributed by atoms with Crippen LogP contribution in [0.3, 0.4) is 0 Å². The maximum Gasteiger partial charge on any atom is 0.303 e. The van der Waals surface area contributed by atoms with Gasteiger partial charge in [0.25, 0.3) is 0 Å². The van der Waals surface area contributed by atoms with Gasteiger partial charge >= 0.3 is 5.97 Å². The van der Waals surface area contributed by atoms with Crippen LogP contribution in [0.1, 0.15) is 43.1 Å². The van der Waals surface area contributed by atoms with Crippen LogP contribution >= 0.6 is 0 Å². The molecule has 1 aliphatic heterocycles. The normalized spacial score (nSPS) is 19.4. The minimum Gasteiger partial charge on any atom is -0.497 e. The molecule has 1 aromatic carbocycles. The molecule has 7 nitrogen and oxygen atoms in total. The molecule has 0 amide bonds. The van der Waals surface area contributed by atoms with Crippen molar-refractivity contribution in [2.45, 2.75) is 31.9 Å². The second-order valence-electron chi connectivity index (χ2n) is 8.65. The average Bonchev–Trinajstić information content (AvgIpc) is 3.36. The molecule has 0 aliphatic carbocycles. The van der Waals surface area contributed by atoms with Crippen molar-refractivity contribution in [3.63, 3.8) is 0 Å². The van der Waals surface area contributed by atoms with Gasteiger partial charge in [-0.25, -0.2) is 9.37 Å². The first-order valence-electron chi connectivity index (χ1n) is 11.4. The quantitative estimate of drug-likeness (QED) is 0.491. The third-order valence-corrected chi connectivity index (χ3v) is 6.47. The number of methoxy groups -OCH3 is 1. The van der Waals surface area contributed by atoms with E-state index in [0.717, 1.165) is 23.9 Å². The number of pyridine rings is 1. The highest BCUT2D eigenvalue weighted by molar-refractivity contribution is 5.83. The molecule has 2 aromatic heterocycles. The van der Waals surface area contributed by atoms with Crippen molar-refractivity contribution in [1.82, 2.24) is 14.9 Å². The first-order chi connectivity index (χ1) is 16.5. The molecular formula is C26H28FN3O4. The molecule has 178 valence electrons. The Morgan fingerprint density at radius 3 is 3.00 bits per heavy atom. The molecule has 3 heterocycles. The van der Waals surface area contributed by atoms with E-state index in [2.05, 4.69) is 26.7 Å². The minimum absolute atomic E-state index is 0.0402. The number of aromatic nitrogens is 2. The molecule has 0 unspecified atom stereocenters. The number of carboxylic acid groups (broad SMARTS) is 1. The van der Waals surface area contributed by atoms with Crippen molar-refractivity contribution in [1.29, 1.82) is 0 Å². The Morgan fingerprint density at radius 2 is 2.24 bits per heavy atom. The summed E-state index contributed by atoms with van der Waals surface area (Å²) in [6.45, 7) is 1.98. The summed E-state index contributed by atoms with van der Waals surface area (Å²) in [4.78, 5) is 22.0. The largest absolute Gasteiger partial charge is 0.497 e. The molecule has 0 radical (unpaired) electrons. The van der Waals surface area contributed by atoms with Crippen LogP contribution in [-0.2, 0) is 4.79 Å². The van der Waals surface area contributed by atoms with Gasteiger partial charge in [-0.3, -0.25) is 14.7 Å². The maximum atomic E-state index is 15.4. The Balaban J connectivity index is 1.39. The summed E-state index contributed by atoms with van der Waals surface area (Å²) in [6.07, 6.45) is 5.15. The highest BCUT2D eigenvalue weighted by Crippen LogP contribution is 2.36. The number of fused-ring (bicyclic) bond motifs is 1. The van der Waals surface area contributed by atoms with Gasteiger partial charge in [-0.05, 0) is 73.4 Å². The van der Waals surface area contributed by atoms with Crippen LogP contribution in [0.2, 0.25) is 0 Å². The molecule has 4 rings (SSSR count). The van der Waals surface area contributed by atoms with Crippen LogP contribution in [0.4, 0.5) is 4.39 Å². The first-order valence-corrected chi connectivity index (χ1v) is 11.4. The summed E-state index contributed by atoms with van der Waals surface area (Å²) in [6, 6.07) is 7.18. The van der Waals surface area contributed by atoms with Gasteiger partial charge in [0.05, 0.1) is 19.2 Å². The lowest BCUT2D eigenvalue weighted by atomic mass is 9.79. The number of hydrogen-bond donors (Lipinski definition) is 1. The Kier molecular flexibility index (Phi) is 7.76. The highest BCUT2D eigenvalue weighted by atomic mass is 19.1. The number of aliphatic carboxylic acids is 1. The second-order valence-corrected chi connectivity index (χ2v) is 8.65. The van der Waals surface area contributed by atoms with Gasteiger partial charge < -0.3 is 14.3 Å². The van der Waals surface area contributed by atoms with Gasteiger partial charge in [-0.2, -0.15) is 0 Å². The summed E-state index contributed by atoms with van der Waals surface area (Å²) in [5.41, 5.74) is 1.90. The third kappa shape index (κ3) is 5.91. The molecule has 34 heavy (non-hydrogen) atoms. The van der Waals surface area contributed by atoms with Gasteiger partial charge in [0.1, 0.15) is 18.2 Å². The highest BCUT2D eigenvalue weighted by Gasteiger charge is 2.31. The molecule has 8 heteroatoms. The second kappa shape index (κ2) is 11.1. The molecular weight excluding hydrogens is 437 g/mol. The molecule has 1 fully saturated rings. The monoisotopic (exact) mass is 465 g/mol. The summed E-state index contributed by atoms with van der Waals surface area (Å²) in [5.74, 6) is 5.96. The van der Waals surface area contributed by atoms with Crippen molar-refractivity contribution >= 4 is 16.9 Å². The Labute approximate surface area is 198 Å². The van der Waals surface area contributed by atoms with E-state index >= 15 is 4.39 Å². The fraction of sp³-hybridized carbons (Fsp3) is 0.423. The van der Waals surface area contributed by atoms with Crippen molar-refractivity contribution in [3.8, 4) is 17.6 Å². The van der Waals surface area contributed by atoms with Crippen molar-refractivity contribution in [2.24, 2.45) is 11.8 Å². The van der Waals surface area contributed by atoms with E-state index in [9.17, 15) is 9.90 Å². The Bertz CT molecular complexity index is 1170. The number of likely N-dealkylation sites (tertiary alicyclic amines) is 1. The number of carbonyl (C=O) groups is 1. The molecule has 0 saturated carbocycles. The third-order valence-electron chi connectivity index (χ3n) is 6.47. The molecule has 3 atom stereocenters. The molecule has 3 aromatic rings. The van der Waals surface area contributed by atoms with Gasteiger partial charge in [-0.1, -0.05) is 5.92 Å². The van der Waals surface area contributed by atoms with Gasteiger partial charge in [0.15, 0.2) is 12.1 Å². The number of rotatable bonds is 8. The molecule has 0 bridgehead atoms. The molecule has 0 spiro atoms. The predicted molar refractivity (Wildman–Crippen MR) is 125 cm³/mol. The summed E-state index contributed by atoms with van der Waals surface area (Å²) in [5, 5.41) is 10.2. The molecule has 1 N–H and O–H groups in total.